The third-order valence-electron chi connectivity index (χ3n) is 5.82. The lowest BCUT2D eigenvalue weighted by molar-refractivity contribution is -0.272. The predicted molar refractivity (Wildman–Crippen MR) is 135 cm³/mol. The number of para-hydroxylation sites is 1. The molecule has 1 saturated heterocycles. The minimum Gasteiger partial charge on any atom is -0.493 e. The van der Waals surface area contributed by atoms with Crippen molar-refractivity contribution in [2.24, 2.45) is 5.92 Å². The molecular formula is C29H32O7. The molecule has 7 heteroatoms. The highest BCUT2D eigenvalue weighted by Gasteiger charge is 2.41. The molecule has 0 aliphatic carbocycles. The number of carbonyl (C=O) groups is 1. The van der Waals surface area contributed by atoms with Crippen LogP contribution in [0.25, 0.3) is 0 Å². The van der Waals surface area contributed by atoms with Crippen LogP contribution >= 0.6 is 0 Å². The van der Waals surface area contributed by atoms with E-state index in [-0.39, 0.29) is 5.92 Å². The van der Waals surface area contributed by atoms with Crippen molar-refractivity contribution >= 4 is 5.97 Å². The van der Waals surface area contributed by atoms with Crippen LogP contribution in [-0.4, -0.2) is 45.3 Å². The smallest absolute Gasteiger partial charge is 0.366 e. The summed E-state index contributed by atoms with van der Waals surface area (Å²) >= 11 is 0. The SMILES string of the molecule is COC(=O)[C@]1(C)OC[C@@H](Cc2ccc(OCCCOc3ccc(Oc4ccccc4)cc3)cc2)CO1. The van der Waals surface area contributed by atoms with E-state index in [4.69, 9.17) is 28.4 Å². The monoisotopic (exact) mass is 492 g/mol. The van der Waals surface area contributed by atoms with Crippen LogP contribution in [0.4, 0.5) is 0 Å². The average Bonchev–Trinajstić information content (AvgIpc) is 2.92. The molecule has 36 heavy (non-hydrogen) atoms. The standard InChI is InChI=1S/C29H32O7/c1-29(28(30)31-2)34-20-23(21-35-29)19-22-9-11-24(12-10-22)32-17-6-18-33-25-13-15-27(16-14-25)36-26-7-4-3-5-8-26/h3-5,7-16,23H,6,17-21H2,1-2H3/t23-,29-. The van der Waals surface area contributed by atoms with Crippen molar-refractivity contribution in [3.63, 3.8) is 0 Å². The van der Waals surface area contributed by atoms with Crippen molar-refractivity contribution in [3.8, 4) is 23.0 Å². The van der Waals surface area contributed by atoms with Gasteiger partial charge in [-0.15, -0.1) is 0 Å². The second kappa shape index (κ2) is 12.4. The zero-order chi connectivity index (χ0) is 25.2. The number of hydrogen-bond acceptors (Lipinski definition) is 7. The van der Waals surface area contributed by atoms with E-state index in [9.17, 15) is 4.79 Å². The fourth-order valence-electron chi connectivity index (χ4n) is 3.79. The number of hydrogen-bond donors (Lipinski definition) is 0. The summed E-state index contributed by atoms with van der Waals surface area (Å²) < 4.78 is 33.4. The Morgan fingerprint density at radius 3 is 1.92 bits per heavy atom. The molecule has 1 aliphatic heterocycles. The minimum atomic E-state index is -1.31. The molecule has 0 atom stereocenters. The van der Waals surface area contributed by atoms with Crippen LogP contribution in [0.5, 0.6) is 23.0 Å². The first kappa shape index (κ1) is 25.5. The highest BCUT2D eigenvalue weighted by atomic mass is 16.7. The topological polar surface area (TPSA) is 72.5 Å². The lowest BCUT2D eigenvalue weighted by Gasteiger charge is -2.35. The molecule has 0 N–H and O–H groups in total. The molecule has 0 amide bonds. The first-order valence-corrected chi connectivity index (χ1v) is 12.1. The highest BCUT2D eigenvalue weighted by Crippen LogP contribution is 2.26. The summed E-state index contributed by atoms with van der Waals surface area (Å²) in [7, 11) is 1.32. The van der Waals surface area contributed by atoms with E-state index in [0.29, 0.717) is 26.4 Å². The molecule has 0 aromatic heterocycles. The van der Waals surface area contributed by atoms with Gasteiger partial charge in [0.1, 0.15) is 23.0 Å². The molecule has 1 fully saturated rings. The first-order valence-electron chi connectivity index (χ1n) is 12.1. The maximum Gasteiger partial charge on any atom is 0.366 e. The highest BCUT2D eigenvalue weighted by molar-refractivity contribution is 5.77. The number of ether oxygens (including phenoxy) is 6. The number of benzene rings is 3. The van der Waals surface area contributed by atoms with Crippen molar-refractivity contribution in [1.29, 1.82) is 0 Å². The van der Waals surface area contributed by atoms with E-state index in [1.54, 1.807) is 6.92 Å². The number of methoxy groups -OCH3 is 1. The van der Waals surface area contributed by atoms with Gasteiger partial charge in [-0.05, 0) is 60.5 Å². The Morgan fingerprint density at radius 2 is 1.33 bits per heavy atom. The summed E-state index contributed by atoms with van der Waals surface area (Å²) in [6.07, 6.45) is 1.56. The lowest BCUT2D eigenvalue weighted by atomic mass is 9.99. The van der Waals surface area contributed by atoms with Crippen LogP contribution in [0.15, 0.2) is 78.9 Å². The molecule has 3 aromatic rings. The zero-order valence-corrected chi connectivity index (χ0v) is 20.7. The Bertz CT molecular complexity index is 1070. The van der Waals surface area contributed by atoms with Gasteiger partial charge < -0.3 is 28.4 Å². The van der Waals surface area contributed by atoms with E-state index in [0.717, 1.165) is 41.4 Å². The van der Waals surface area contributed by atoms with Crippen molar-refractivity contribution < 1.29 is 33.2 Å². The first-order chi connectivity index (χ1) is 17.5. The van der Waals surface area contributed by atoms with Gasteiger partial charge >= 0.3 is 5.97 Å². The Morgan fingerprint density at radius 1 is 0.806 bits per heavy atom. The Kier molecular flexibility index (Phi) is 8.81. The van der Waals surface area contributed by atoms with E-state index in [1.807, 2.05) is 78.9 Å². The largest absolute Gasteiger partial charge is 0.493 e. The number of rotatable bonds is 11. The van der Waals surface area contributed by atoms with Crippen molar-refractivity contribution in [2.75, 3.05) is 33.5 Å². The van der Waals surface area contributed by atoms with E-state index >= 15 is 0 Å². The number of esters is 1. The minimum absolute atomic E-state index is 0.172. The summed E-state index contributed by atoms with van der Waals surface area (Å²) in [4.78, 5) is 11.8. The fourth-order valence-corrected chi connectivity index (χ4v) is 3.79. The normalized spacial score (nSPS) is 19.3. The van der Waals surface area contributed by atoms with Crippen LogP contribution in [0.3, 0.4) is 0 Å². The average molecular weight is 493 g/mol. The van der Waals surface area contributed by atoms with Crippen molar-refractivity contribution in [2.45, 2.75) is 25.6 Å². The van der Waals surface area contributed by atoms with Gasteiger partial charge in [-0.25, -0.2) is 4.79 Å². The van der Waals surface area contributed by atoms with Gasteiger partial charge in [0, 0.05) is 19.3 Å². The van der Waals surface area contributed by atoms with Crippen molar-refractivity contribution in [1.82, 2.24) is 0 Å². The number of carbonyl (C=O) groups excluding carboxylic acids is 1. The Hall–Kier alpha value is -3.55. The van der Waals surface area contributed by atoms with Crippen molar-refractivity contribution in [3.05, 3.63) is 84.4 Å². The molecule has 1 aliphatic rings. The summed E-state index contributed by atoms with van der Waals surface area (Å²) in [6.45, 7) is 3.58. The maximum atomic E-state index is 11.8. The third-order valence-corrected chi connectivity index (χ3v) is 5.82. The lowest BCUT2D eigenvalue weighted by Crippen LogP contribution is -2.48. The molecular weight excluding hydrogens is 460 g/mol. The summed E-state index contributed by atoms with van der Waals surface area (Å²) in [5.74, 6) is 1.52. The van der Waals surface area contributed by atoms with Gasteiger partial charge in [0.05, 0.1) is 33.5 Å². The predicted octanol–water partition coefficient (Wildman–Crippen LogP) is 5.42. The van der Waals surface area contributed by atoms with Crippen LogP contribution in [0.2, 0.25) is 0 Å². The fraction of sp³-hybridized carbons (Fsp3) is 0.345. The van der Waals surface area contributed by atoms with Gasteiger partial charge in [-0.1, -0.05) is 30.3 Å². The van der Waals surface area contributed by atoms with Gasteiger partial charge in [-0.3, -0.25) is 0 Å². The molecule has 0 spiro atoms. The van der Waals surface area contributed by atoms with E-state index in [1.165, 1.54) is 7.11 Å². The second-order valence-electron chi connectivity index (χ2n) is 8.71. The van der Waals surface area contributed by atoms with Gasteiger partial charge in [0.25, 0.3) is 5.79 Å². The maximum absolute atomic E-state index is 11.8. The third kappa shape index (κ3) is 7.23. The van der Waals surface area contributed by atoms with Gasteiger partial charge in [-0.2, -0.15) is 0 Å². The molecule has 4 rings (SSSR count). The van der Waals surface area contributed by atoms with Crippen LogP contribution < -0.4 is 14.2 Å². The summed E-state index contributed by atoms with van der Waals surface area (Å²) in [5, 5.41) is 0. The molecule has 190 valence electrons. The zero-order valence-electron chi connectivity index (χ0n) is 20.7. The van der Waals surface area contributed by atoms with Gasteiger partial charge in [0.15, 0.2) is 0 Å². The van der Waals surface area contributed by atoms with Crippen LogP contribution in [-0.2, 0) is 25.4 Å². The molecule has 3 aromatic carbocycles. The van der Waals surface area contributed by atoms with Crippen LogP contribution in [0, 0.1) is 5.92 Å². The Labute approximate surface area is 211 Å². The molecule has 7 nitrogen and oxygen atoms in total. The molecule has 0 bridgehead atoms. The van der Waals surface area contributed by atoms with E-state index < -0.39 is 11.8 Å². The quantitative estimate of drug-likeness (QED) is 0.261. The van der Waals surface area contributed by atoms with E-state index in [2.05, 4.69) is 0 Å². The molecule has 0 saturated carbocycles. The molecule has 0 radical (unpaired) electrons. The second-order valence-corrected chi connectivity index (χ2v) is 8.71. The van der Waals surface area contributed by atoms with Crippen LogP contribution in [0.1, 0.15) is 18.9 Å². The Balaban J connectivity index is 1.12. The summed E-state index contributed by atoms with van der Waals surface area (Å²) in [5.41, 5.74) is 1.16. The molecule has 1 heterocycles. The summed E-state index contributed by atoms with van der Waals surface area (Å²) in [6, 6.07) is 25.3. The molecule has 0 unspecified atom stereocenters. The van der Waals surface area contributed by atoms with Gasteiger partial charge in [0.2, 0.25) is 0 Å².